The number of H-pyrrole nitrogens is 1. The molecule has 2 heterocycles. The molecular weight excluding hydrogens is 300 g/mol. The SMILES string of the molecule is O=C(CCCCc1cn[nH]n1)N1CCC(=Cc2ccccc2)CC1. The second-order valence-corrected chi connectivity index (χ2v) is 6.26. The minimum absolute atomic E-state index is 0.286. The molecular formula is C19H24N4O. The Morgan fingerprint density at radius 2 is 1.96 bits per heavy atom. The predicted octanol–water partition coefficient (Wildman–Crippen LogP) is 3.22. The smallest absolute Gasteiger partial charge is 0.222 e. The molecule has 0 spiro atoms. The van der Waals surface area contributed by atoms with E-state index in [9.17, 15) is 4.79 Å². The molecule has 0 saturated carbocycles. The van der Waals surface area contributed by atoms with Gasteiger partial charge in [-0.25, -0.2) is 0 Å². The highest BCUT2D eigenvalue weighted by Gasteiger charge is 2.18. The van der Waals surface area contributed by atoms with Crippen molar-refractivity contribution in [3.63, 3.8) is 0 Å². The first-order chi connectivity index (χ1) is 11.8. The van der Waals surface area contributed by atoms with Gasteiger partial charge in [0.2, 0.25) is 5.91 Å². The summed E-state index contributed by atoms with van der Waals surface area (Å²) in [6, 6.07) is 10.4. The van der Waals surface area contributed by atoms with E-state index in [1.807, 2.05) is 11.0 Å². The van der Waals surface area contributed by atoms with Crippen molar-refractivity contribution in [2.45, 2.75) is 38.5 Å². The van der Waals surface area contributed by atoms with Crippen LogP contribution in [0.2, 0.25) is 0 Å². The summed E-state index contributed by atoms with van der Waals surface area (Å²) >= 11 is 0. The Kier molecular flexibility index (Phi) is 5.77. The highest BCUT2D eigenvalue weighted by atomic mass is 16.2. The molecule has 24 heavy (non-hydrogen) atoms. The second kappa shape index (κ2) is 8.43. The third-order valence-corrected chi connectivity index (χ3v) is 4.47. The second-order valence-electron chi connectivity index (χ2n) is 6.26. The molecule has 1 fully saturated rings. The summed E-state index contributed by atoms with van der Waals surface area (Å²) < 4.78 is 0. The van der Waals surface area contributed by atoms with Crippen molar-refractivity contribution < 1.29 is 4.79 Å². The number of aromatic nitrogens is 3. The number of hydrogen-bond acceptors (Lipinski definition) is 3. The van der Waals surface area contributed by atoms with Gasteiger partial charge in [-0.2, -0.15) is 15.4 Å². The molecule has 5 heteroatoms. The lowest BCUT2D eigenvalue weighted by atomic mass is 10.0. The number of amides is 1. The first-order valence-corrected chi connectivity index (χ1v) is 8.68. The molecule has 1 aliphatic rings. The lowest BCUT2D eigenvalue weighted by Crippen LogP contribution is -2.36. The fourth-order valence-corrected chi connectivity index (χ4v) is 3.06. The molecule has 0 atom stereocenters. The molecule has 0 aliphatic carbocycles. The standard InChI is InChI=1S/C19H24N4O/c24-19(9-5-4-8-18-15-20-22-21-18)23-12-10-17(11-13-23)14-16-6-2-1-3-7-16/h1-3,6-7,14-15H,4-5,8-13H2,(H,20,21,22). The van der Waals surface area contributed by atoms with Gasteiger partial charge in [-0.3, -0.25) is 4.79 Å². The Morgan fingerprint density at radius 1 is 1.17 bits per heavy atom. The van der Waals surface area contributed by atoms with E-state index in [1.165, 1.54) is 11.1 Å². The zero-order chi connectivity index (χ0) is 16.6. The number of nitrogens with zero attached hydrogens (tertiary/aromatic N) is 3. The van der Waals surface area contributed by atoms with Gasteiger partial charge in [-0.1, -0.05) is 42.0 Å². The van der Waals surface area contributed by atoms with E-state index < -0.39 is 0 Å². The van der Waals surface area contributed by atoms with Gasteiger partial charge in [-0.15, -0.1) is 0 Å². The molecule has 5 nitrogen and oxygen atoms in total. The van der Waals surface area contributed by atoms with Gasteiger partial charge < -0.3 is 4.90 Å². The molecule has 1 aliphatic heterocycles. The Morgan fingerprint density at radius 3 is 2.67 bits per heavy atom. The highest BCUT2D eigenvalue weighted by molar-refractivity contribution is 5.76. The summed E-state index contributed by atoms with van der Waals surface area (Å²) in [6.45, 7) is 1.70. The van der Waals surface area contributed by atoms with Gasteiger partial charge in [0.15, 0.2) is 0 Å². The van der Waals surface area contributed by atoms with Gasteiger partial charge in [-0.05, 0) is 37.7 Å². The van der Waals surface area contributed by atoms with Gasteiger partial charge in [0, 0.05) is 19.5 Å². The molecule has 2 aromatic rings. The number of benzene rings is 1. The lowest BCUT2D eigenvalue weighted by Gasteiger charge is -2.28. The maximum Gasteiger partial charge on any atom is 0.222 e. The van der Waals surface area contributed by atoms with Crippen molar-refractivity contribution >= 4 is 12.0 Å². The van der Waals surface area contributed by atoms with Crippen LogP contribution < -0.4 is 0 Å². The van der Waals surface area contributed by atoms with E-state index in [0.717, 1.165) is 50.9 Å². The van der Waals surface area contributed by atoms with Gasteiger partial charge >= 0.3 is 0 Å². The third-order valence-electron chi connectivity index (χ3n) is 4.47. The third kappa shape index (κ3) is 4.78. The van der Waals surface area contributed by atoms with Crippen LogP contribution in [0.3, 0.4) is 0 Å². The van der Waals surface area contributed by atoms with E-state index in [-0.39, 0.29) is 5.91 Å². The topological polar surface area (TPSA) is 61.9 Å². The molecule has 0 unspecified atom stereocenters. The number of nitrogens with one attached hydrogen (secondary N) is 1. The summed E-state index contributed by atoms with van der Waals surface area (Å²) in [6.07, 6.45) is 9.38. The van der Waals surface area contributed by atoms with Gasteiger partial charge in [0.1, 0.15) is 0 Å². The van der Waals surface area contributed by atoms with Crippen LogP contribution in [-0.2, 0) is 11.2 Å². The van der Waals surface area contributed by atoms with Crippen molar-refractivity contribution in [2.24, 2.45) is 0 Å². The molecule has 126 valence electrons. The normalized spacial score (nSPS) is 14.7. The van der Waals surface area contributed by atoms with Crippen LogP contribution in [0, 0.1) is 0 Å². The maximum absolute atomic E-state index is 12.3. The fourth-order valence-electron chi connectivity index (χ4n) is 3.06. The van der Waals surface area contributed by atoms with Crippen LogP contribution in [0.5, 0.6) is 0 Å². The zero-order valence-corrected chi connectivity index (χ0v) is 13.9. The Labute approximate surface area is 142 Å². The molecule has 1 saturated heterocycles. The number of aromatic amines is 1. The summed E-state index contributed by atoms with van der Waals surface area (Å²) in [5.41, 5.74) is 3.66. The number of carbonyl (C=O) groups is 1. The van der Waals surface area contributed by atoms with Gasteiger partial charge in [0.25, 0.3) is 0 Å². The first kappa shape index (κ1) is 16.4. The Bertz CT molecular complexity index is 654. The van der Waals surface area contributed by atoms with E-state index in [4.69, 9.17) is 0 Å². The number of piperidine rings is 1. The minimum Gasteiger partial charge on any atom is -0.342 e. The average molecular weight is 324 g/mol. The largest absolute Gasteiger partial charge is 0.342 e. The van der Waals surface area contributed by atoms with Crippen LogP contribution >= 0.6 is 0 Å². The van der Waals surface area contributed by atoms with Crippen molar-refractivity contribution in [3.05, 3.63) is 53.4 Å². The minimum atomic E-state index is 0.286. The van der Waals surface area contributed by atoms with E-state index in [1.54, 1.807) is 6.20 Å². The van der Waals surface area contributed by atoms with Crippen molar-refractivity contribution in [1.82, 2.24) is 20.3 Å². The molecule has 0 radical (unpaired) electrons. The lowest BCUT2D eigenvalue weighted by molar-refractivity contribution is -0.131. The molecule has 3 rings (SSSR count). The van der Waals surface area contributed by atoms with Crippen molar-refractivity contribution in [1.29, 1.82) is 0 Å². The Balaban J connectivity index is 1.38. The van der Waals surface area contributed by atoms with E-state index >= 15 is 0 Å². The molecule has 1 aromatic heterocycles. The van der Waals surface area contributed by atoms with E-state index in [2.05, 4.69) is 45.8 Å². The summed E-state index contributed by atoms with van der Waals surface area (Å²) in [4.78, 5) is 14.3. The quantitative estimate of drug-likeness (QED) is 0.830. The van der Waals surface area contributed by atoms with Crippen LogP contribution in [0.4, 0.5) is 0 Å². The van der Waals surface area contributed by atoms with Crippen molar-refractivity contribution in [3.8, 4) is 0 Å². The number of hydrogen-bond donors (Lipinski definition) is 1. The number of aryl methyl sites for hydroxylation is 1. The summed E-state index contributed by atoms with van der Waals surface area (Å²) in [5.74, 6) is 0.286. The first-order valence-electron chi connectivity index (χ1n) is 8.68. The fraction of sp³-hybridized carbons (Fsp3) is 0.421. The van der Waals surface area contributed by atoms with E-state index in [0.29, 0.717) is 6.42 Å². The number of unbranched alkanes of at least 4 members (excludes halogenated alkanes) is 1. The van der Waals surface area contributed by atoms with Crippen LogP contribution in [0.25, 0.3) is 6.08 Å². The Hall–Kier alpha value is -2.43. The summed E-state index contributed by atoms with van der Waals surface area (Å²) in [5, 5.41) is 10.4. The zero-order valence-electron chi connectivity index (χ0n) is 13.9. The number of rotatable bonds is 6. The number of carbonyl (C=O) groups excluding carboxylic acids is 1. The maximum atomic E-state index is 12.3. The van der Waals surface area contributed by atoms with Crippen LogP contribution in [0.1, 0.15) is 43.4 Å². The summed E-state index contributed by atoms with van der Waals surface area (Å²) in [7, 11) is 0. The number of likely N-dealkylation sites (tertiary alicyclic amines) is 1. The van der Waals surface area contributed by atoms with Crippen LogP contribution in [0.15, 0.2) is 42.1 Å². The van der Waals surface area contributed by atoms with Crippen molar-refractivity contribution in [2.75, 3.05) is 13.1 Å². The molecule has 1 amide bonds. The van der Waals surface area contributed by atoms with Gasteiger partial charge in [0.05, 0.1) is 11.9 Å². The molecule has 1 aromatic carbocycles. The van der Waals surface area contributed by atoms with Crippen LogP contribution in [-0.4, -0.2) is 39.3 Å². The predicted molar refractivity (Wildman–Crippen MR) is 94.2 cm³/mol. The molecule has 0 bridgehead atoms. The average Bonchev–Trinajstić information content (AvgIpc) is 3.13. The highest BCUT2D eigenvalue weighted by Crippen LogP contribution is 2.20. The molecule has 1 N–H and O–H groups in total. The monoisotopic (exact) mass is 324 g/mol.